The first-order chi connectivity index (χ1) is 11.5. The fourth-order valence-electron chi connectivity index (χ4n) is 3.17. The molecule has 6 heteroatoms. The van der Waals surface area contributed by atoms with Crippen molar-refractivity contribution in [3.63, 3.8) is 0 Å². The number of phenols is 1. The third-order valence-corrected chi connectivity index (χ3v) is 5.91. The Morgan fingerprint density at radius 2 is 1.83 bits per heavy atom. The third-order valence-electron chi connectivity index (χ3n) is 4.30. The average molecular weight is 551 g/mol. The number of ether oxygens (including phenoxy) is 2. The third kappa shape index (κ3) is 3.60. The quantitative estimate of drug-likeness (QED) is 0.564. The molecule has 2 aromatic carbocycles. The van der Waals surface area contributed by atoms with Gasteiger partial charge in [0.05, 0.1) is 21.4 Å². The number of fused-ring (bicyclic) bond motifs is 1. The van der Waals surface area contributed by atoms with E-state index < -0.39 is 0 Å². The van der Waals surface area contributed by atoms with Crippen LogP contribution in [0.25, 0.3) is 0 Å². The zero-order chi connectivity index (χ0) is 17.3. The van der Waals surface area contributed by atoms with E-state index in [1.54, 1.807) is 14.2 Å². The maximum atomic E-state index is 10.0. The standard InChI is InChI=1S/C18H19I2NO3/c1-23-17-9-12-11(8-16(17)22)3-4-21-15(12)7-10-5-13(19)18(24-2)14(20)6-10/h5-6,8-9,15,21-22H,3-4,7H2,1-2H3/t15-/m1/s1. The van der Waals surface area contributed by atoms with Crippen LogP contribution in [0.15, 0.2) is 24.3 Å². The lowest BCUT2D eigenvalue weighted by molar-refractivity contribution is 0.370. The van der Waals surface area contributed by atoms with Crippen molar-refractivity contribution in [1.29, 1.82) is 0 Å². The minimum Gasteiger partial charge on any atom is -0.504 e. The van der Waals surface area contributed by atoms with Crippen LogP contribution in [0.5, 0.6) is 17.2 Å². The van der Waals surface area contributed by atoms with Crippen molar-refractivity contribution in [3.8, 4) is 17.2 Å². The highest BCUT2D eigenvalue weighted by molar-refractivity contribution is 14.1. The second kappa shape index (κ2) is 7.65. The van der Waals surface area contributed by atoms with Crippen LogP contribution >= 0.6 is 45.2 Å². The molecule has 0 aliphatic carbocycles. The molecule has 3 rings (SSSR count). The summed E-state index contributed by atoms with van der Waals surface area (Å²) in [6.07, 6.45) is 1.80. The first kappa shape index (κ1) is 18.1. The molecule has 1 atom stereocenters. The van der Waals surface area contributed by atoms with E-state index in [1.807, 2.05) is 12.1 Å². The molecular formula is C18H19I2NO3. The molecule has 0 saturated carbocycles. The lowest BCUT2D eigenvalue weighted by Gasteiger charge is -2.28. The van der Waals surface area contributed by atoms with E-state index in [9.17, 15) is 5.11 Å². The van der Waals surface area contributed by atoms with Gasteiger partial charge in [-0.15, -0.1) is 0 Å². The van der Waals surface area contributed by atoms with Crippen LogP contribution in [0, 0.1) is 7.14 Å². The molecule has 128 valence electrons. The Kier molecular flexibility index (Phi) is 5.76. The summed E-state index contributed by atoms with van der Waals surface area (Å²) >= 11 is 4.64. The summed E-state index contributed by atoms with van der Waals surface area (Å²) in [6, 6.07) is 8.36. The molecule has 24 heavy (non-hydrogen) atoms. The summed E-state index contributed by atoms with van der Waals surface area (Å²) in [7, 11) is 3.29. The van der Waals surface area contributed by atoms with Crippen LogP contribution in [0.1, 0.15) is 22.7 Å². The number of phenolic OH excluding ortho intramolecular Hbond substituents is 1. The van der Waals surface area contributed by atoms with Crippen LogP contribution in [-0.2, 0) is 12.8 Å². The summed E-state index contributed by atoms with van der Waals surface area (Å²) in [4.78, 5) is 0. The molecule has 0 aromatic heterocycles. The molecular weight excluding hydrogens is 532 g/mol. The van der Waals surface area contributed by atoms with Gasteiger partial charge in [-0.2, -0.15) is 0 Å². The molecule has 2 N–H and O–H groups in total. The Labute approximate surface area is 169 Å². The number of rotatable bonds is 4. The average Bonchev–Trinajstić information content (AvgIpc) is 2.54. The molecule has 0 amide bonds. The predicted molar refractivity (Wildman–Crippen MR) is 111 cm³/mol. The van der Waals surface area contributed by atoms with Gasteiger partial charge in [-0.1, -0.05) is 0 Å². The number of halogens is 2. The van der Waals surface area contributed by atoms with E-state index in [4.69, 9.17) is 9.47 Å². The molecule has 0 saturated heterocycles. The van der Waals surface area contributed by atoms with Crippen LogP contribution in [0.4, 0.5) is 0 Å². The predicted octanol–water partition coefficient (Wildman–Crippen LogP) is 4.05. The lowest BCUT2D eigenvalue weighted by atomic mass is 9.90. The topological polar surface area (TPSA) is 50.7 Å². The summed E-state index contributed by atoms with van der Waals surface area (Å²) in [6.45, 7) is 0.910. The molecule has 0 unspecified atom stereocenters. The Balaban J connectivity index is 1.93. The number of nitrogens with one attached hydrogen (secondary N) is 1. The fourth-order valence-corrected chi connectivity index (χ4v) is 5.50. The van der Waals surface area contributed by atoms with E-state index >= 15 is 0 Å². The van der Waals surface area contributed by atoms with Crippen molar-refractivity contribution in [2.75, 3.05) is 20.8 Å². The number of hydrogen-bond acceptors (Lipinski definition) is 4. The first-order valence-corrected chi connectivity index (χ1v) is 9.84. The largest absolute Gasteiger partial charge is 0.504 e. The highest BCUT2D eigenvalue weighted by Gasteiger charge is 2.23. The van der Waals surface area contributed by atoms with Gasteiger partial charge >= 0.3 is 0 Å². The van der Waals surface area contributed by atoms with Crippen molar-refractivity contribution in [2.45, 2.75) is 18.9 Å². The van der Waals surface area contributed by atoms with Gasteiger partial charge in [0.2, 0.25) is 0 Å². The monoisotopic (exact) mass is 551 g/mol. The number of benzene rings is 2. The van der Waals surface area contributed by atoms with Crippen molar-refractivity contribution in [1.82, 2.24) is 5.32 Å². The smallest absolute Gasteiger partial charge is 0.160 e. The molecule has 1 aliphatic heterocycles. The van der Waals surface area contributed by atoms with Crippen LogP contribution in [0.3, 0.4) is 0 Å². The van der Waals surface area contributed by atoms with Gasteiger partial charge < -0.3 is 19.9 Å². The highest BCUT2D eigenvalue weighted by atomic mass is 127. The molecule has 2 aromatic rings. The Bertz CT molecular complexity index is 741. The van der Waals surface area contributed by atoms with Crippen LogP contribution in [0.2, 0.25) is 0 Å². The van der Waals surface area contributed by atoms with Gasteiger partial charge in [0, 0.05) is 6.04 Å². The van der Waals surface area contributed by atoms with E-state index in [-0.39, 0.29) is 11.8 Å². The molecule has 0 radical (unpaired) electrons. The van der Waals surface area contributed by atoms with Crippen molar-refractivity contribution < 1.29 is 14.6 Å². The van der Waals surface area contributed by atoms with Crippen LogP contribution in [-0.4, -0.2) is 25.9 Å². The maximum Gasteiger partial charge on any atom is 0.160 e. The second-order valence-electron chi connectivity index (χ2n) is 5.78. The van der Waals surface area contributed by atoms with Gasteiger partial charge in [-0.25, -0.2) is 0 Å². The second-order valence-corrected chi connectivity index (χ2v) is 8.10. The lowest BCUT2D eigenvalue weighted by Crippen LogP contribution is -2.31. The molecule has 0 spiro atoms. The van der Waals surface area contributed by atoms with E-state index in [2.05, 4.69) is 62.6 Å². The SMILES string of the molecule is COc1cc2c(cc1O)CCN[C@@H]2Cc1cc(I)c(OC)c(I)c1. The zero-order valence-corrected chi connectivity index (χ0v) is 17.8. The van der Waals surface area contributed by atoms with Gasteiger partial charge in [-0.3, -0.25) is 0 Å². The van der Waals surface area contributed by atoms with Crippen molar-refractivity contribution >= 4 is 45.2 Å². The molecule has 0 fully saturated rings. The number of aromatic hydroxyl groups is 1. The summed E-state index contributed by atoms with van der Waals surface area (Å²) < 4.78 is 13.0. The summed E-state index contributed by atoms with van der Waals surface area (Å²) in [5, 5.41) is 13.6. The highest BCUT2D eigenvalue weighted by Crippen LogP contribution is 2.36. The van der Waals surface area contributed by atoms with E-state index in [1.165, 1.54) is 16.7 Å². The first-order valence-electron chi connectivity index (χ1n) is 7.68. The Morgan fingerprint density at radius 3 is 2.46 bits per heavy atom. The molecule has 1 heterocycles. The minimum absolute atomic E-state index is 0.211. The van der Waals surface area contributed by atoms with Crippen molar-refractivity contribution in [3.05, 3.63) is 48.1 Å². The Hall–Kier alpha value is -0.740. The van der Waals surface area contributed by atoms with Crippen LogP contribution < -0.4 is 14.8 Å². The molecule has 1 aliphatic rings. The summed E-state index contributed by atoms with van der Waals surface area (Å²) in [5.41, 5.74) is 3.66. The van der Waals surface area contributed by atoms with Gasteiger partial charge in [0.1, 0.15) is 5.75 Å². The molecule has 0 bridgehead atoms. The van der Waals surface area contributed by atoms with Crippen molar-refractivity contribution in [2.24, 2.45) is 0 Å². The van der Waals surface area contributed by atoms with E-state index in [0.29, 0.717) is 5.75 Å². The zero-order valence-electron chi connectivity index (χ0n) is 13.5. The fraction of sp³-hybridized carbons (Fsp3) is 0.333. The Morgan fingerprint density at radius 1 is 1.12 bits per heavy atom. The normalized spacial score (nSPS) is 16.6. The minimum atomic E-state index is 0.211. The van der Waals surface area contributed by atoms with E-state index in [0.717, 1.165) is 32.3 Å². The van der Waals surface area contributed by atoms with Gasteiger partial charge in [0.25, 0.3) is 0 Å². The molecule has 4 nitrogen and oxygen atoms in total. The maximum absolute atomic E-state index is 10.0. The van der Waals surface area contributed by atoms with Gasteiger partial charge in [-0.05, 0) is 106 Å². The van der Waals surface area contributed by atoms with Gasteiger partial charge in [0.15, 0.2) is 11.5 Å². The number of methoxy groups -OCH3 is 2. The summed E-state index contributed by atoms with van der Waals surface area (Å²) in [5.74, 6) is 1.68. The number of hydrogen-bond donors (Lipinski definition) is 2.